The van der Waals surface area contributed by atoms with Crippen molar-refractivity contribution in [3.63, 3.8) is 0 Å². The molecule has 0 aliphatic carbocycles. The molecule has 140 valence electrons. The summed E-state index contributed by atoms with van der Waals surface area (Å²) in [7, 11) is 1.34. The van der Waals surface area contributed by atoms with Gasteiger partial charge in [0.2, 0.25) is 0 Å². The van der Waals surface area contributed by atoms with Gasteiger partial charge in [-0.15, -0.1) is 0 Å². The highest BCUT2D eigenvalue weighted by molar-refractivity contribution is 5.88. The molecule has 1 aromatic rings. The van der Waals surface area contributed by atoms with E-state index in [1.54, 1.807) is 0 Å². The lowest BCUT2D eigenvalue weighted by molar-refractivity contribution is -0.133. The molecule has 26 heavy (non-hydrogen) atoms. The van der Waals surface area contributed by atoms with Crippen LogP contribution >= 0.6 is 0 Å². The van der Waals surface area contributed by atoms with Crippen molar-refractivity contribution in [1.82, 2.24) is 0 Å². The smallest absolute Gasteiger partial charge is 0.384 e. The van der Waals surface area contributed by atoms with Crippen LogP contribution in [0, 0.1) is 22.7 Å². The standard InChI is InChI=1S/C23H30O3/c1-6-7-11-15-22(2,3)18-23(4,16-14-21(24)25-5)19-26-17-20-12-9-8-10-13-20/h6-13,15H,17-19H2,1-5H3/b7-6-,15-11+/t23-/m1/s1. The molecule has 0 aliphatic heterocycles. The van der Waals surface area contributed by atoms with E-state index >= 15 is 0 Å². The number of allylic oxidation sites excluding steroid dienone is 4. The predicted molar refractivity (Wildman–Crippen MR) is 106 cm³/mol. The van der Waals surface area contributed by atoms with Gasteiger partial charge in [-0.1, -0.05) is 74.4 Å². The fourth-order valence-electron chi connectivity index (χ4n) is 2.84. The van der Waals surface area contributed by atoms with Crippen LogP contribution in [0.3, 0.4) is 0 Å². The van der Waals surface area contributed by atoms with Crippen LogP contribution in [0.25, 0.3) is 0 Å². The second kappa shape index (κ2) is 10.6. The summed E-state index contributed by atoms with van der Waals surface area (Å²) in [5.74, 6) is 5.13. The molecule has 0 radical (unpaired) electrons. The third-order valence-corrected chi connectivity index (χ3v) is 3.88. The molecule has 0 aromatic heterocycles. The lowest BCUT2D eigenvalue weighted by Crippen LogP contribution is -2.28. The lowest BCUT2D eigenvalue weighted by atomic mass is 9.74. The number of rotatable bonds is 8. The zero-order chi connectivity index (χ0) is 19.5. The molecule has 1 rings (SSSR count). The molecule has 0 heterocycles. The van der Waals surface area contributed by atoms with Gasteiger partial charge < -0.3 is 9.47 Å². The van der Waals surface area contributed by atoms with Crippen LogP contribution in [0.5, 0.6) is 0 Å². The molecule has 1 aromatic carbocycles. The van der Waals surface area contributed by atoms with Crippen molar-refractivity contribution in [3.05, 3.63) is 60.2 Å². The summed E-state index contributed by atoms with van der Waals surface area (Å²) in [5, 5.41) is 0. The molecule has 0 N–H and O–H groups in total. The van der Waals surface area contributed by atoms with Crippen molar-refractivity contribution in [3.8, 4) is 11.8 Å². The molecule has 0 unspecified atom stereocenters. The Bertz CT molecular complexity index is 674. The summed E-state index contributed by atoms with van der Waals surface area (Å²) >= 11 is 0. The van der Waals surface area contributed by atoms with Crippen LogP contribution in [0.4, 0.5) is 0 Å². The minimum absolute atomic E-state index is 0.0881. The van der Waals surface area contributed by atoms with Gasteiger partial charge in [-0.05, 0) is 31.2 Å². The van der Waals surface area contributed by atoms with E-state index in [1.807, 2.05) is 62.4 Å². The summed E-state index contributed by atoms with van der Waals surface area (Å²) in [6, 6.07) is 10.0. The number of esters is 1. The van der Waals surface area contributed by atoms with Gasteiger partial charge in [0.1, 0.15) is 0 Å². The third-order valence-electron chi connectivity index (χ3n) is 3.88. The van der Waals surface area contributed by atoms with Gasteiger partial charge in [0.05, 0.1) is 25.7 Å². The highest BCUT2D eigenvalue weighted by Crippen LogP contribution is 2.35. The third kappa shape index (κ3) is 8.69. The van der Waals surface area contributed by atoms with E-state index in [9.17, 15) is 4.79 Å². The number of benzene rings is 1. The first-order valence-electron chi connectivity index (χ1n) is 8.83. The van der Waals surface area contributed by atoms with Gasteiger partial charge in [0, 0.05) is 5.92 Å². The minimum atomic E-state index is -0.526. The fraction of sp³-hybridized carbons (Fsp3) is 0.435. The zero-order valence-electron chi connectivity index (χ0n) is 16.5. The maximum Gasteiger partial charge on any atom is 0.384 e. The van der Waals surface area contributed by atoms with Crippen molar-refractivity contribution in [2.24, 2.45) is 10.8 Å². The lowest BCUT2D eigenvalue weighted by Gasteiger charge is -2.32. The van der Waals surface area contributed by atoms with Crippen LogP contribution in [0.1, 0.15) is 39.7 Å². The van der Waals surface area contributed by atoms with Gasteiger partial charge in [-0.25, -0.2) is 4.79 Å². The summed E-state index contributed by atoms with van der Waals surface area (Å²) in [6.07, 6.45) is 8.95. The van der Waals surface area contributed by atoms with Crippen molar-refractivity contribution < 1.29 is 14.3 Å². The maximum atomic E-state index is 11.5. The van der Waals surface area contributed by atoms with Crippen LogP contribution in [0.2, 0.25) is 0 Å². The molecule has 3 nitrogen and oxygen atoms in total. The number of ether oxygens (including phenoxy) is 2. The monoisotopic (exact) mass is 354 g/mol. The van der Waals surface area contributed by atoms with E-state index in [4.69, 9.17) is 4.74 Å². The van der Waals surface area contributed by atoms with E-state index in [2.05, 4.69) is 36.5 Å². The Morgan fingerprint density at radius 2 is 1.85 bits per heavy atom. The Morgan fingerprint density at radius 3 is 2.46 bits per heavy atom. The minimum Gasteiger partial charge on any atom is -0.459 e. The summed E-state index contributed by atoms with van der Waals surface area (Å²) in [4.78, 5) is 11.5. The Labute approximate surface area is 158 Å². The molecule has 0 saturated heterocycles. The van der Waals surface area contributed by atoms with E-state index < -0.39 is 11.4 Å². The average molecular weight is 354 g/mol. The van der Waals surface area contributed by atoms with Gasteiger partial charge in [0.25, 0.3) is 0 Å². The highest BCUT2D eigenvalue weighted by atomic mass is 16.5. The molecule has 0 saturated carbocycles. The van der Waals surface area contributed by atoms with E-state index in [1.165, 1.54) is 7.11 Å². The van der Waals surface area contributed by atoms with Crippen LogP contribution in [-0.2, 0) is 20.9 Å². The molecule has 0 bridgehead atoms. The average Bonchev–Trinajstić information content (AvgIpc) is 2.60. The zero-order valence-corrected chi connectivity index (χ0v) is 16.5. The first-order valence-corrected chi connectivity index (χ1v) is 8.83. The fourth-order valence-corrected chi connectivity index (χ4v) is 2.84. The Hall–Kier alpha value is -2.31. The Kier molecular flexibility index (Phi) is 8.88. The van der Waals surface area contributed by atoms with Gasteiger partial charge in [-0.2, -0.15) is 0 Å². The summed E-state index contributed by atoms with van der Waals surface area (Å²) in [6.45, 7) is 9.28. The second-order valence-electron chi connectivity index (χ2n) is 7.33. The number of methoxy groups -OCH3 is 1. The summed E-state index contributed by atoms with van der Waals surface area (Å²) < 4.78 is 10.6. The van der Waals surface area contributed by atoms with E-state index in [0.29, 0.717) is 13.2 Å². The molecular formula is C23H30O3. The van der Waals surface area contributed by atoms with Gasteiger partial charge in [0.15, 0.2) is 0 Å². The molecule has 0 aliphatic rings. The molecule has 3 heteroatoms. The number of carbonyl (C=O) groups is 1. The number of hydrogen-bond donors (Lipinski definition) is 0. The first-order chi connectivity index (χ1) is 12.3. The molecular weight excluding hydrogens is 324 g/mol. The number of hydrogen-bond acceptors (Lipinski definition) is 3. The molecule has 0 fully saturated rings. The van der Waals surface area contributed by atoms with Gasteiger partial charge >= 0.3 is 5.97 Å². The van der Waals surface area contributed by atoms with Crippen molar-refractivity contribution >= 4 is 5.97 Å². The normalized spacial score (nSPS) is 14.0. The van der Waals surface area contributed by atoms with Crippen molar-refractivity contribution in [2.75, 3.05) is 13.7 Å². The SMILES string of the molecule is C/C=C\C=C\C(C)(C)C[C@@](C)(C#CC(=O)OC)COCc1ccccc1. The molecule has 1 atom stereocenters. The summed E-state index contributed by atoms with van der Waals surface area (Å²) in [5.41, 5.74) is 0.560. The quantitative estimate of drug-likeness (QED) is 0.287. The second-order valence-corrected chi connectivity index (χ2v) is 7.33. The largest absolute Gasteiger partial charge is 0.459 e. The van der Waals surface area contributed by atoms with Crippen LogP contribution < -0.4 is 0 Å². The maximum absolute atomic E-state index is 11.5. The topological polar surface area (TPSA) is 35.5 Å². The first kappa shape index (κ1) is 21.7. The predicted octanol–water partition coefficient (Wildman–Crippen LogP) is 4.93. The Balaban J connectivity index is 2.86. The molecule has 0 spiro atoms. The highest BCUT2D eigenvalue weighted by Gasteiger charge is 2.30. The Morgan fingerprint density at radius 1 is 1.15 bits per heavy atom. The van der Waals surface area contributed by atoms with Crippen molar-refractivity contribution in [1.29, 1.82) is 0 Å². The van der Waals surface area contributed by atoms with E-state index in [0.717, 1.165) is 12.0 Å². The van der Waals surface area contributed by atoms with Gasteiger partial charge in [-0.3, -0.25) is 0 Å². The van der Waals surface area contributed by atoms with Crippen LogP contribution in [-0.4, -0.2) is 19.7 Å². The molecule has 0 amide bonds. The van der Waals surface area contributed by atoms with Crippen molar-refractivity contribution in [2.45, 2.75) is 40.7 Å². The van der Waals surface area contributed by atoms with E-state index in [-0.39, 0.29) is 5.41 Å². The number of carbonyl (C=O) groups excluding carboxylic acids is 1. The van der Waals surface area contributed by atoms with Crippen LogP contribution in [0.15, 0.2) is 54.6 Å².